The molecule has 0 radical (unpaired) electrons. The van der Waals surface area contributed by atoms with E-state index in [0.29, 0.717) is 17.2 Å². The number of urea groups is 1. The zero-order valence-corrected chi connectivity index (χ0v) is 16.3. The summed E-state index contributed by atoms with van der Waals surface area (Å²) in [5.74, 6) is 0.628. The summed E-state index contributed by atoms with van der Waals surface area (Å²) >= 11 is 0. The van der Waals surface area contributed by atoms with Crippen LogP contribution in [0.2, 0.25) is 0 Å². The summed E-state index contributed by atoms with van der Waals surface area (Å²) in [6, 6.07) is 10.6. The van der Waals surface area contributed by atoms with E-state index in [-0.39, 0.29) is 25.7 Å². The van der Waals surface area contributed by atoms with Crippen LogP contribution >= 0.6 is 0 Å². The molecule has 1 aliphatic heterocycles. The fourth-order valence-electron chi connectivity index (χ4n) is 3.21. The minimum absolute atomic E-state index is 0.0163. The average molecular weight is 386 g/mol. The van der Waals surface area contributed by atoms with Gasteiger partial charge < -0.3 is 19.6 Å². The van der Waals surface area contributed by atoms with E-state index in [9.17, 15) is 14.7 Å². The quantitative estimate of drug-likeness (QED) is 0.681. The van der Waals surface area contributed by atoms with Gasteiger partial charge in [-0.1, -0.05) is 38.1 Å². The van der Waals surface area contributed by atoms with Crippen LogP contribution in [0.3, 0.4) is 0 Å². The van der Waals surface area contributed by atoms with Gasteiger partial charge in [-0.2, -0.15) is 0 Å². The van der Waals surface area contributed by atoms with E-state index in [2.05, 4.69) is 19.2 Å². The zero-order valence-electron chi connectivity index (χ0n) is 16.3. The molecule has 2 aromatic rings. The Labute approximate surface area is 164 Å². The molecule has 0 bridgehead atoms. The number of amides is 3. The second kappa shape index (κ2) is 8.16. The van der Waals surface area contributed by atoms with Crippen LogP contribution in [-0.4, -0.2) is 41.2 Å². The molecule has 2 atom stereocenters. The number of ether oxygens (including phenoxy) is 1. The molecule has 1 aromatic heterocycles. The van der Waals surface area contributed by atoms with Crippen molar-refractivity contribution in [3.05, 3.63) is 59.5 Å². The zero-order chi connectivity index (χ0) is 20.3. The number of hydrogen-bond acceptors (Lipinski definition) is 5. The maximum absolute atomic E-state index is 12.9. The van der Waals surface area contributed by atoms with Gasteiger partial charge in [0.05, 0.1) is 25.5 Å². The first kappa shape index (κ1) is 20.1. The predicted octanol–water partition coefficient (Wildman–Crippen LogP) is 2.75. The van der Waals surface area contributed by atoms with Crippen LogP contribution in [0.5, 0.6) is 0 Å². The van der Waals surface area contributed by atoms with Gasteiger partial charge in [-0.05, 0) is 36.1 Å². The summed E-state index contributed by atoms with van der Waals surface area (Å²) in [7, 11) is 0. The van der Waals surface area contributed by atoms with Gasteiger partial charge in [0.2, 0.25) is 0 Å². The highest BCUT2D eigenvalue weighted by Gasteiger charge is 2.49. The van der Waals surface area contributed by atoms with Gasteiger partial charge in [0.1, 0.15) is 17.9 Å². The molecule has 28 heavy (non-hydrogen) atoms. The normalized spacial score (nSPS) is 20.7. The molecule has 2 unspecified atom stereocenters. The minimum Gasteiger partial charge on any atom is -0.467 e. The number of carbonyl (C=O) groups excluding carboxylic acids is 2. The number of aliphatic hydroxyl groups is 1. The van der Waals surface area contributed by atoms with Crippen molar-refractivity contribution >= 4 is 11.9 Å². The Morgan fingerprint density at radius 1 is 1.21 bits per heavy atom. The van der Waals surface area contributed by atoms with Crippen molar-refractivity contribution in [2.24, 2.45) is 0 Å². The number of β-amino-alcohol motifs (C(OH)–C–C–N with tert-alkyl or cyclic N) is 1. The molecule has 2 heterocycles. The molecule has 1 saturated heterocycles. The molecule has 1 aliphatic rings. The van der Waals surface area contributed by atoms with Crippen LogP contribution in [0.25, 0.3) is 0 Å². The largest absolute Gasteiger partial charge is 0.467 e. The van der Waals surface area contributed by atoms with Crippen LogP contribution in [0.15, 0.2) is 47.1 Å². The Hall–Kier alpha value is -2.64. The molecule has 2 N–H and O–H groups in total. The van der Waals surface area contributed by atoms with Crippen molar-refractivity contribution in [1.29, 1.82) is 0 Å². The Morgan fingerprint density at radius 3 is 2.54 bits per heavy atom. The lowest BCUT2D eigenvalue weighted by atomic mass is 9.90. The van der Waals surface area contributed by atoms with Crippen molar-refractivity contribution in [2.75, 3.05) is 13.2 Å². The van der Waals surface area contributed by atoms with Crippen molar-refractivity contribution in [1.82, 2.24) is 10.2 Å². The highest BCUT2D eigenvalue weighted by Crippen LogP contribution is 2.30. The molecule has 7 nitrogen and oxygen atoms in total. The molecule has 0 saturated carbocycles. The molecule has 1 aromatic carbocycles. The summed E-state index contributed by atoms with van der Waals surface area (Å²) in [5.41, 5.74) is 0.716. The fraction of sp³-hybridized carbons (Fsp3) is 0.429. The van der Waals surface area contributed by atoms with E-state index in [4.69, 9.17) is 9.15 Å². The van der Waals surface area contributed by atoms with Crippen molar-refractivity contribution in [3.8, 4) is 0 Å². The van der Waals surface area contributed by atoms with Crippen LogP contribution in [0.4, 0.5) is 4.79 Å². The smallest absolute Gasteiger partial charge is 0.325 e. The summed E-state index contributed by atoms with van der Waals surface area (Å²) in [5, 5.41) is 12.9. The Morgan fingerprint density at radius 2 is 1.93 bits per heavy atom. The summed E-state index contributed by atoms with van der Waals surface area (Å²) < 4.78 is 10.5. The van der Waals surface area contributed by atoms with Crippen LogP contribution in [0, 0.1) is 0 Å². The number of rotatable bonds is 8. The van der Waals surface area contributed by atoms with Crippen LogP contribution in [-0.2, 0) is 21.7 Å². The lowest BCUT2D eigenvalue weighted by Crippen LogP contribution is -2.42. The van der Waals surface area contributed by atoms with Gasteiger partial charge in [-0.25, -0.2) is 4.79 Å². The maximum atomic E-state index is 12.9. The summed E-state index contributed by atoms with van der Waals surface area (Å²) in [6.07, 6.45) is 0.548. The van der Waals surface area contributed by atoms with Crippen molar-refractivity contribution < 1.29 is 23.8 Å². The molecule has 3 amide bonds. The van der Waals surface area contributed by atoms with Gasteiger partial charge in [0.25, 0.3) is 5.91 Å². The molecule has 3 rings (SSSR count). The lowest BCUT2D eigenvalue weighted by Gasteiger charge is -2.23. The SMILES string of the molecule is CC(C)c1ccc(C2(C)NC(=O)N(CC(O)COCc3ccco3)C2=O)cc1. The van der Waals surface area contributed by atoms with E-state index in [1.807, 2.05) is 24.3 Å². The Kier molecular flexibility index (Phi) is 5.86. The van der Waals surface area contributed by atoms with Crippen molar-refractivity contribution in [2.45, 2.75) is 44.9 Å². The minimum atomic E-state index is -1.15. The summed E-state index contributed by atoms with van der Waals surface area (Å²) in [6.45, 7) is 5.92. The van der Waals surface area contributed by atoms with E-state index in [0.717, 1.165) is 10.5 Å². The number of imide groups is 1. The highest BCUT2D eigenvalue weighted by atomic mass is 16.5. The number of carbonyl (C=O) groups is 2. The van der Waals surface area contributed by atoms with E-state index < -0.39 is 17.7 Å². The van der Waals surface area contributed by atoms with Crippen LogP contribution < -0.4 is 5.32 Å². The second-order valence-corrected chi connectivity index (χ2v) is 7.50. The fourth-order valence-corrected chi connectivity index (χ4v) is 3.21. The third-order valence-electron chi connectivity index (χ3n) is 4.96. The highest BCUT2D eigenvalue weighted by molar-refractivity contribution is 6.07. The van der Waals surface area contributed by atoms with E-state index >= 15 is 0 Å². The third kappa shape index (κ3) is 4.10. The maximum Gasteiger partial charge on any atom is 0.325 e. The molecule has 1 fully saturated rings. The van der Waals surface area contributed by atoms with E-state index in [1.54, 1.807) is 19.1 Å². The van der Waals surface area contributed by atoms with Gasteiger partial charge in [0, 0.05) is 0 Å². The summed E-state index contributed by atoms with van der Waals surface area (Å²) in [4.78, 5) is 26.3. The molecule has 150 valence electrons. The lowest BCUT2D eigenvalue weighted by molar-refractivity contribution is -0.132. The topological polar surface area (TPSA) is 92.0 Å². The number of aliphatic hydroxyl groups excluding tert-OH is 1. The molecule has 7 heteroatoms. The molecule has 0 spiro atoms. The van der Waals surface area contributed by atoms with Gasteiger partial charge in [0.15, 0.2) is 0 Å². The first-order valence-corrected chi connectivity index (χ1v) is 9.34. The number of nitrogens with one attached hydrogen (secondary N) is 1. The van der Waals surface area contributed by atoms with Crippen molar-refractivity contribution in [3.63, 3.8) is 0 Å². The first-order chi connectivity index (χ1) is 13.3. The predicted molar refractivity (Wildman–Crippen MR) is 102 cm³/mol. The molecular weight excluding hydrogens is 360 g/mol. The second-order valence-electron chi connectivity index (χ2n) is 7.50. The number of hydrogen-bond donors (Lipinski definition) is 2. The number of furan rings is 1. The van der Waals surface area contributed by atoms with Gasteiger partial charge >= 0.3 is 6.03 Å². The number of nitrogens with zero attached hydrogens (tertiary/aromatic N) is 1. The average Bonchev–Trinajstić information content (AvgIpc) is 3.25. The van der Waals surface area contributed by atoms with Crippen LogP contribution in [0.1, 0.15) is 43.6 Å². The number of benzene rings is 1. The van der Waals surface area contributed by atoms with Gasteiger partial charge in [-0.15, -0.1) is 0 Å². The molecular formula is C21H26N2O5. The Bertz CT molecular complexity index is 816. The first-order valence-electron chi connectivity index (χ1n) is 9.34. The third-order valence-corrected chi connectivity index (χ3v) is 4.96. The van der Waals surface area contributed by atoms with E-state index in [1.165, 1.54) is 6.26 Å². The molecule has 0 aliphatic carbocycles. The Balaban J connectivity index is 1.62. The van der Waals surface area contributed by atoms with Gasteiger partial charge in [-0.3, -0.25) is 9.69 Å². The monoisotopic (exact) mass is 386 g/mol. The standard InChI is InChI=1S/C21H26N2O5/c1-14(2)15-6-8-16(9-7-15)21(3)19(25)23(20(26)22-21)11-17(24)12-27-13-18-5-4-10-28-18/h4-10,14,17,24H,11-13H2,1-3H3,(H,22,26).